The Morgan fingerprint density at radius 1 is 0.317 bits per heavy atom. The molecular formula is C32H18MgN8+2. The van der Waals surface area contributed by atoms with Crippen LogP contribution in [0.5, 0.6) is 0 Å². The van der Waals surface area contributed by atoms with Crippen molar-refractivity contribution in [1.29, 1.82) is 0 Å². The fourth-order valence-corrected chi connectivity index (χ4v) is 5.59. The van der Waals surface area contributed by atoms with Crippen molar-refractivity contribution in [2.45, 2.75) is 0 Å². The van der Waals surface area contributed by atoms with E-state index < -0.39 is 0 Å². The molecule has 4 aromatic carbocycles. The zero-order valence-corrected chi connectivity index (χ0v) is 23.0. The van der Waals surface area contributed by atoms with E-state index in [2.05, 4.69) is 9.97 Å². The first-order chi connectivity index (χ1) is 19.8. The van der Waals surface area contributed by atoms with Crippen LogP contribution in [0.2, 0.25) is 0 Å². The monoisotopic (exact) mass is 538 g/mol. The average molecular weight is 539 g/mol. The normalized spacial score (nSPS) is 11.7. The number of nitrogens with zero attached hydrogens (tertiary/aromatic N) is 6. The summed E-state index contributed by atoms with van der Waals surface area (Å²) in [5, 5.41) is 3.86. The van der Waals surface area contributed by atoms with Crippen molar-refractivity contribution in [3.8, 4) is 45.6 Å². The Balaban J connectivity index is 0.00000256. The molecule has 0 saturated carbocycles. The van der Waals surface area contributed by atoms with Gasteiger partial charge in [0.25, 0.3) is 0 Å². The molecule has 0 radical (unpaired) electrons. The molecule has 8 bridgehead atoms. The van der Waals surface area contributed by atoms with Gasteiger partial charge in [0, 0.05) is 43.8 Å². The quantitative estimate of drug-likeness (QED) is 0.214. The SMILES string of the molecule is [Mg+2].c1ccc2c(c1)-c1nc3nc(nc4[nH]c(nc5[nH]c(nc-2n1)c1ccccc51)c1ccccc41)-c1ccccc1-3. The predicted molar refractivity (Wildman–Crippen MR) is 162 cm³/mol. The average Bonchev–Trinajstić information content (AvgIpc) is 3.73. The van der Waals surface area contributed by atoms with Gasteiger partial charge in [-0.2, -0.15) is 0 Å². The number of hydrogen-bond donors (Lipinski definition) is 2. The van der Waals surface area contributed by atoms with Crippen LogP contribution in [0.25, 0.3) is 89.7 Å². The Labute approximate surface area is 248 Å². The summed E-state index contributed by atoms with van der Waals surface area (Å²) in [4.78, 5) is 36.8. The fourth-order valence-electron chi connectivity index (χ4n) is 5.59. The zero-order valence-electron chi connectivity index (χ0n) is 21.6. The number of aromatic amines is 2. The second kappa shape index (κ2) is 9.02. The standard InChI is InChI=1S/C32H18N8.Mg/c1-2-10-18-17(9-1)25-33-26(18)38-28-21-13-5-6-14-22(21)30(35-28)40-32-24-16-8-7-15-23(24)31(36-32)39-29-20-12-4-3-11-19(20)27(34-29)37-25;/h1-16H,(H2,33,34,35,36,37,38,39,40);/q;+2. The summed E-state index contributed by atoms with van der Waals surface area (Å²) in [6, 6.07) is 32.2. The molecule has 2 aliphatic rings. The molecule has 2 aliphatic heterocycles. The Morgan fingerprint density at radius 2 is 0.585 bits per heavy atom. The molecule has 0 saturated heterocycles. The summed E-state index contributed by atoms with van der Waals surface area (Å²) in [6.07, 6.45) is 0. The predicted octanol–water partition coefficient (Wildman–Crippen LogP) is 6.49. The Hall–Kier alpha value is -4.99. The van der Waals surface area contributed by atoms with Gasteiger partial charge in [0.05, 0.1) is 0 Å². The second-order valence-electron chi connectivity index (χ2n) is 9.79. The van der Waals surface area contributed by atoms with E-state index in [0.717, 1.165) is 43.8 Å². The number of fused-ring (bicyclic) bond motifs is 20. The smallest absolute Gasteiger partial charge is 0.324 e. The summed E-state index contributed by atoms with van der Waals surface area (Å²) >= 11 is 0. The molecule has 7 aromatic rings. The van der Waals surface area contributed by atoms with Crippen LogP contribution >= 0.6 is 0 Å². The summed E-state index contributed by atoms with van der Waals surface area (Å²) in [5.41, 5.74) is 6.46. The first kappa shape index (κ1) is 23.9. The van der Waals surface area contributed by atoms with Crippen LogP contribution in [-0.4, -0.2) is 62.9 Å². The third-order valence-corrected chi connectivity index (χ3v) is 7.46. The molecule has 41 heavy (non-hydrogen) atoms. The molecule has 0 atom stereocenters. The zero-order chi connectivity index (χ0) is 26.2. The van der Waals surface area contributed by atoms with Gasteiger partial charge >= 0.3 is 23.1 Å². The molecule has 2 N–H and O–H groups in total. The van der Waals surface area contributed by atoms with E-state index in [1.807, 2.05) is 97.1 Å². The number of H-pyrrole nitrogens is 2. The minimum atomic E-state index is 0. The van der Waals surface area contributed by atoms with Crippen LogP contribution in [0, 0.1) is 0 Å². The van der Waals surface area contributed by atoms with Crippen molar-refractivity contribution in [2.75, 3.05) is 0 Å². The molecule has 9 rings (SSSR count). The maximum atomic E-state index is 5.06. The van der Waals surface area contributed by atoms with Crippen molar-refractivity contribution < 1.29 is 0 Å². The molecule has 3 aromatic heterocycles. The molecule has 0 fully saturated rings. The first-order valence-corrected chi connectivity index (χ1v) is 13.0. The molecule has 0 unspecified atom stereocenters. The van der Waals surface area contributed by atoms with E-state index in [1.54, 1.807) is 0 Å². The van der Waals surface area contributed by atoms with E-state index in [1.165, 1.54) is 0 Å². The van der Waals surface area contributed by atoms with Crippen molar-refractivity contribution in [1.82, 2.24) is 39.9 Å². The number of hydrogen-bond acceptors (Lipinski definition) is 6. The summed E-state index contributed by atoms with van der Waals surface area (Å²) < 4.78 is 0. The van der Waals surface area contributed by atoms with Crippen molar-refractivity contribution >= 4 is 67.2 Å². The summed E-state index contributed by atoms with van der Waals surface area (Å²) in [6.45, 7) is 0. The van der Waals surface area contributed by atoms with Gasteiger partial charge in [-0.15, -0.1) is 0 Å². The van der Waals surface area contributed by atoms with Crippen LogP contribution in [0.3, 0.4) is 0 Å². The van der Waals surface area contributed by atoms with E-state index in [4.69, 9.17) is 29.9 Å². The number of nitrogens with one attached hydrogen (secondary N) is 2. The van der Waals surface area contributed by atoms with Gasteiger partial charge in [0.15, 0.2) is 23.3 Å². The van der Waals surface area contributed by atoms with Crippen LogP contribution in [0.4, 0.5) is 0 Å². The number of benzene rings is 4. The molecule has 5 heterocycles. The van der Waals surface area contributed by atoms with Crippen LogP contribution in [0.15, 0.2) is 97.1 Å². The van der Waals surface area contributed by atoms with Gasteiger partial charge < -0.3 is 9.97 Å². The topological polar surface area (TPSA) is 109 Å². The third-order valence-electron chi connectivity index (χ3n) is 7.46. The maximum absolute atomic E-state index is 5.06. The van der Waals surface area contributed by atoms with E-state index in [9.17, 15) is 0 Å². The Morgan fingerprint density at radius 3 is 0.927 bits per heavy atom. The molecule has 8 nitrogen and oxygen atoms in total. The Kier molecular flexibility index (Phi) is 5.25. The van der Waals surface area contributed by atoms with Crippen LogP contribution in [-0.2, 0) is 0 Å². The molecule has 9 heteroatoms. The minimum absolute atomic E-state index is 0. The molecule has 186 valence electrons. The Bertz CT molecular complexity index is 2190. The number of rotatable bonds is 0. The van der Waals surface area contributed by atoms with Gasteiger partial charge in [0.2, 0.25) is 0 Å². The van der Waals surface area contributed by atoms with E-state index in [0.29, 0.717) is 45.9 Å². The van der Waals surface area contributed by atoms with Crippen molar-refractivity contribution in [3.63, 3.8) is 0 Å². The maximum Gasteiger partial charge on any atom is 2.00 e. The van der Waals surface area contributed by atoms with Gasteiger partial charge in [-0.3, -0.25) is 0 Å². The first-order valence-electron chi connectivity index (χ1n) is 13.0. The van der Waals surface area contributed by atoms with Crippen molar-refractivity contribution in [3.05, 3.63) is 97.1 Å². The second-order valence-corrected chi connectivity index (χ2v) is 9.79. The molecule has 0 spiro atoms. The van der Waals surface area contributed by atoms with Crippen LogP contribution in [0.1, 0.15) is 0 Å². The largest absolute Gasteiger partial charge is 2.00 e. The summed E-state index contributed by atoms with van der Waals surface area (Å²) in [5.74, 6) is 2.33. The van der Waals surface area contributed by atoms with Gasteiger partial charge in [0.1, 0.15) is 22.6 Å². The van der Waals surface area contributed by atoms with Gasteiger partial charge in [-0.05, 0) is 0 Å². The summed E-state index contributed by atoms with van der Waals surface area (Å²) in [7, 11) is 0. The minimum Gasteiger partial charge on any atom is -0.324 e. The van der Waals surface area contributed by atoms with Gasteiger partial charge in [-0.25, -0.2) is 29.9 Å². The molecular weight excluding hydrogens is 521 g/mol. The number of aromatic nitrogens is 8. The fraction of sp³-hybridized carbons (Fsp3) is 0. The third kappa shape index (κ3) is 3.59. The molecule has 0 aliphatic carbocycles. The van der Waals surface area contributed by atoms with E-state index in [-0.39, 0.29) is 23.1 Å². The van der Waals surface area contributed by atoms with E-state index >= 15 is 0 Å². The molecule has 0 amide bonds. The van der Waals surface area contributed by atoms with Crippen LogP contribution < -0.4 is 0 Å². The van der Waals surface area contributed by atoms with Gasteiger partial charge in [-0.1, -0.05) is 97.1 Å². The van der Waals surface area contributed by atoms with Crippen molar-refractivity contribution in [2.24, 2.45) is 0 Å².